The molecule has 1 N–H and O–H groups in total. The fourth-order valence-electron chi connectivity index (χ4n) is 3.51. The van der Waals surface area contributed by atoms with E-state index in [1.807, 2.05) is 73.8 Å². The van der Waals surface area contributed by atoms with Crippen LogP contribution in [0.15, 0.2) is 70.9 Å². The molecule has 1 amide bonds. The highest BCUT2D eigenvalue weighted by Crippen LogP contribution is 2.17. The van der Waals surface area contributed by atoms with Crippen molar-refractivity contribution in [2.75, 3.05) is 12.9 Å². The van der Waals surface area contributed by atoms with E-state index in [4.69, 9.17) is 4.74 Å². The summed E-state index contributed by atoms with van der Waals surface area (Å²) in [6, 6.07) is 19.0. The SMILES string of the molecule is CSc1nc2nc(C)c(CC(=O)OCC(=O)NN=C(c3ccccc3)c3ccccc3)c(C)n2n1. The number of hydrazone groups is 1. The molecule has 2 heterocycles. The van der Waals surface area contributed by atoms with Crippen LogP contribution in [0.25, 0.3) is 5.78 Å². The molecular formula is C25H24N6O3S. The molecule has 0 saturated carbocycles. The summed E-state index contributed by atoms with van der Waals surface area (Å²) in [6.45, 7) is 3.20. The number of fused-ring (bicyclic) bond motifs is 1. The number of aryl methyl sites for hydroxylation is 2. The van der Waals surface area contributed by atoms with Crippen LogP contribution < -0.4 is 5.43 Å². The minimum absolute atomic E-state index is 0.0368. The van der Waals surface area contributed by atoms with E-state index in [0.717, 1.165) is 16.8 Å². The number of nitrogens with zero attached hydrogens (tertiary/aromatic N) is 5. The van der Waals surface area contributed by atoms with Gasteiger partial charge in [0.2, 0.25) is 5.16 Å². The maximum Gasteiger partial charge on any atom is 0.310 e. The van der Waals surface area contributed by atoms with Gasteiger partial charge in [0.1, 0.15) is 0 Å². The van der Waals surface area contributed by atoms with Crippen LogP contribution in [0.1, 0.15) is 28.1 Å². The molecular weight excluding hydrogens is 464 g/mol. The number of amides is 1. The zero-order chi connectivity index (χ0) is 24.8. The number of esters is 1. The minimum Gasteiger partial charge on any atom is -0.455 e. The Morgan fingerprint density at radius 1 is 1.00 bits per heavy atom. The fraction of sp³-hybridized carbons (Fsp3) is 0.200. The molecule has 10 heteroatoms. The first-order chi connectivity index (χ1) is 17.0. The second-order valence-electron chi connectivity index (χ2n) is 7.64. The number of aromatic nitrogens is 4. The van der Waals surface area contributed by atoms with Gasteiger partial charge in [-0.05, 0) is 20.1 Å². The van der Waals surface area contributed by atoms with Gasteiger partial charge in [0.25, 0.3) is 11.7 Å². The van der Waals surface area contributed by atoms with Crippen LogP contribution in [-0.4, -0.2) is 50.0 Å². The van der Waals surface area contributed by atoms with Crippen LogP contribution in [0, 0.1) is 13.8 Å². The molecule has 178 valence electrons. The van der Waals surface area contributed by atoms with E-state index in [-0.39, 0.29) is 6.42 Å². The highest BCUT2D eigenvalue weighted by Gasteiger charge is 2.17. The van der Waals surface area contributed by atoms with Crippen molar-refractivity contribution in [3.63, 3.8) is 0 Å². The van der Waals surface area contributed by atoms with E-state index >= 15 is 0 Å². The van der Waals surface area contributed by atoms with Crippen molar-refractivity contribution >= 4 is 35.1 Å². The van der Waals surface area contributed by atoms with Gasteiger partial charge >= 0.3 is 5.97 Å². The number of carbonyl (C=O) groups excluding carboxylic acids is 2. The largest absolute Gasteiger partial charge is 0.455 e. The predicted molar refractivity (Wildman–Crippen MR) is 133 cm³/mol. The van der Waals surface area contributed by atoms with Crippen LogP contribution in [0.4, 0.5) is 0 Å². The van der Waals surface area contributed by atoms with E-state index in [1.165, 1.54) is 11.8 Å². The van der Waals surface area contributed by atoms with Crippen molar-refractivity contribution in [1.29, 1.82) is 0 Å². The Morgan fingerprint density at radius 2 is 1.63 bits per heavy atom. The van der Waals surface area contributed by atoms with Crippen molar-refractivity contribution in [2.24, 2.45) is 5.10 Å². The lowest BCUT2D eigenvalue weighted by Gasteiger charge is -2.10. The number of carbonyl (C=O) groups is 2. The summed E-state index contributed by atoms with van der Waals surface area (Å²) in [5, 5.41) is 9.27. The normalized spacial score (nSPS) is 10.7. The average Bonchev–Trinajstić information content (AvgIpc) is 3.30. The third kappa shape index (κ3) is 5.72. The van der Waals surface area contributed by atoms with Crippen LogP contribution >= 0.6 is 11.8 Å². The molecule has 35 heavy (non-hydrogen) atoms. The molecule has 4 aromatic rings. The molecule has 0 bridgehead atoms. The van der Waals surface area contributed by atoms with Crippen LogP contribution in [0.3, 0.4) is 0 Å². The monoisotopic (exact) mass is 488 g/mol. The molecule has 4 rings (SSSR count). The van der Waals surface area contributed by atoms with Gasteiger partial charge in [0, 0.05) is 28.1 Å². The summed E-state index contributed by atoms with van der Waals surface area (Å²) in [7, 11) is 0. The standard InChI is InChI=1S/C25H24N6O3S/c1-16-20(17(2)31-24(26-16)27-25(30-31)35-3)14-22(33)34-15-21(32)28-29-23(18-10-6-4-7-11-18)19-12-8-5-9-13-19/h4-13H,14-15H2,1-3H3,(H,28,32). The molecule has 2 aromatic carbocycles. The number of rotatable bonds is 8. The lowest BCUT2D eigenvalue weighted by molar-refractivity contribution is -0.147. The lowest BCUT2D eigenvalue weighted by atomic mass is 10.0. The van der Waals surface area contributed by atoms with E-state index in [2.05, 4.69) is 25.6 Å². The summed E-state index contributed by atoms with van der Waals surface area (Å²) in [6.07, 6.45) is 1.85. The van der Waals surface area contributed by atoms with E-state index in [1.54, 1.807) is 11.4 Å². The Labute approximate surface area is 206 Å². The van der Waals surface area contributed by atoms with Gasteiger partial charge in [-0.15, -0.1) is 5.10 Å². The Balaban J connectivity index is 1.41. The van der Waals surface area contributed by atoms with E-state index < -0.39 is 18.5 Å². The van der Waals surface area contributed by atoms with Crippen LogP contribution in [0.5, 0.6) is 0 Å². The van der Waals surface area contributed by atoms with Gasteiger partial charge in [0.15, 0.2) is 6.61 Å². The van der Waals surface area contributed by atoms with Crippen molar-refractivity contribution in [3.05, 3.63) is 88.7 Å². The first kappa shape index (κ1) is 24.1. The second kappa shape index (κ2) is 10.9. The van der Waals surface area contributed by atoms with Gasteiger partial charge in [-0.1, -0.05) is 72.4 Å². The molecule has 0 aliphatic carbocycles. The Bertz CT molecular complexity index is 1350. The summed E-state index contributed by atoms with van der Waals surface area (Å²) in [4.78, 5) is 33.6. The molecule has 2 aromatic heterocycles. The van der Waals surface area contributed by atoms with Gasteiger partial charge in [-0.25, -0.2) is 14.9 Å². The van der Waals surface area contributed by atoms with Crippen molar-refractivity contribution in [1.82, 2.24) is 25.0 Å². The predicted octanol–water partition coefficient (Wildman–Crippen LogP) is 3.12. The summed E-state index contributed by atoms with van der Waals surface area (Å²) in [5.74, 6) is -0.606. The van der Waals surface area contributed by atoms with Gasteiger partial charge < -0.3 is 4.74 Å². The highest BCUT2D eigenvalue weighted by atomic mass is 32.2. The van der Waals surface area contributed by atoms with Gasteiger partial charge in [-0.3, -0.25) is 9.59 Å². The molecule has 0 radical (unpaired) electrons. The molecule has 0 saturated heterocycles. The number of benzene rings is 2. The molecule has 0 spiro atoms. The molecule has 0 aliphatic rings. The smallest absolute Gasteiger partial charge is 0.310 e. The maximum atomic E-state index is 12.5. The molecule has 9 nitrogen and oxygen atoms in total. The first-order valence-electron chi connectivity index (χ1n) is 10.9. The van der Waals surface area contributed by atoms with Crippen LogP contribution in [-0.2, 0) is 20.7 Å². The molecule has 0 unspecified atom stereocenters. The molecule has 0 atom stereocenters. The minimum atomic E-state index is -0.548. The van der Waals surface area contributed by atoms with Gasteiger partial charge in [0.05, 0.1) is 12.1 Å². The lowest BCUT2D eigenvalue weighted by Crippen LogP contribution is -2.27. The van der Waals surface area contributed by atoms with E-state index in [0.29, 0.717) is 27.9 Å². The average molecular weight is 489 g/mol. The third-order valence-corrected chi connectivity index (χ3v) is 5.82. The Hall–Kier alpha value is -4.05. The quantitative estimate of drug-likeness (QED) is 0.176. The van der Waals surface area contributed by atoms with E-state index in [9.17, 15) is 9.59 Å². The van der Waals surface area contributed by atoms with Crippen molar-refractivity contribution in [2.45, 2.75) is 25.4 Å². The number of ether oxygens (including phenoxy) is 1. The van der Waals surface area contributed by atoms with Crippen molar-refractivity contribution in [3.8, 4) is 0 Å². The Kier molecular flexibility index (Phi) is 7.51. The second-order valence-corrected chi connectivity index (χ2v) is 8.41. The fourth-order valence-corrected chi connectivity index (χ4v) is 3.85. The van der Waals surface area contributed by atoms with Crippen LogP contribution in [0.2, 0.25) is 0 Å². The molecule has 0 fully saturated rings. The third-order valence-electron chi connectivity index (χ3n) is 5.28. The van der Waals surface area contributed by atoms with Crippen molar-refractivity contribution < 1.29 is 14.3 Å². The Morgan fingerprint density at radius 3 is 2.23 bits per heavy atom. The summed E-state index contributed by atoms with van der Waals surface area (Å²) >= 11 is 1.41. The summed E-state index contributed by atoms with van der Waals surface area (Å²) in [5.41, 5.74) is 6.90. The van der Waals surface area contributed by atoms with Gasteiger partial charge in [-0.2, -0.15) is 10.1 Å². The maximum absolute atomic E-state index is 12.5. The zero-order valence-corrected chi connectivity index (χ0v) is 20.4. The number of thioether (sulfide) groups is 1. The number of hydrogen-bond acceptors (Lipinski definition) is 8. The topological polar surface area (TPSA) is 111 Å². The first-order valence-corrected chi connectivity index (χ1v) is 12.1. The summed E-state index contributed by atoms with van der Waals surface area (Å²) < 4.78 is 6.81. The number of nitrogens with one attached hydrogen (secondary N) is 1. The number of hydrogen-bond donors (Lipinski definition) is 1. The highest BCUT2D eigenvalue weighted by molar-refractivity contribution is 7.98. The zero-order valence-electron chi connectivity index (χ0n) is 19.6. The molecule has 0 aliphatic heterocycles.